The van der Waals surface area contributed by atoms with Gasteiger partial charge in [0.15, 0.2) is 0 Å². The number of hydrogen-bond acceptors (Lipinski definition) is 4. The fourth-order valence-electron chi connectivity index (χ4n) is 4.52. The highest BCUT2D eigenvalue weighted by atomic mass is 35.5. The number of hydrogen-bond donors (Lipinski definition) is 1. The van der Waals surface area contributed by atoms with Gasteiger partial charge in [0.05, 0.1) is 12.6 Å². The zero-order valence-electron chi connectivity index (χ0n) is 15.4. The maximum Gasteiger partial charge on any atom is 0.119 e. The summed E-state index contributed by atoms with van der Waals surface area (Å²) in [4.78, 5) is 7.04. The van der Waals surface area contributed by atoms with Gasteiger partial charge in [-0.25, -0.2) is 0 Å². The van der Waals surface area contributed by atoms with Crippen LogP contribution >= 0.6 is 37.2 Å². The quantitative estimate of drug-likeness (QED) is 0.727. The summed E-state index contributed by atoms with van der Waals surface area (Å²) in [6.45, 7) is 6.26. The average molecular weight is 433 g/mol. The number of halogens is 3. The summed E-state index contributed by atoms with van der Waals surface area (Å²) in [5.41, 5.74) is 8.91. The normalized spacial score (nSPS) is 26.9. The third-order valence-electron chi connectivity index (χ3n) is 5.91. The maximum absolute atomic E-state index is 6.76. The third kappa shape index (κ3) is 4.36. The first-order chi connectivity index (χ1) is 11.7. The number of piperidine rings is 3. The molecule has 2 bridgehead atoms. The fraction of sp³-hybridized carbons (Fsp3) is 0.450. The highest BCUT2D eigenvalue weighted by Crippen LogP contribution is 2.41. The van der Waals surface area contributed by atoms with Gasteiger partial charge >= 0.3 is 0 Å². The number of rotatable bonds is 4. The fourth-order valence-corrected chi connectivity index (χ4v) is 4.52. The molecule has 3 aliphatic heterocycles. The van der Waals surface area contributed by atoms with Gasteiger partial charge in [0.1, 0.15) is 5.75 Å². The van der Waals surface area contributed by atoms with Crippen molar-refractivity contribution in [3.8, 4) is 5.75 Å². The van der Waals surface area contributed by atoms with Crippen LogP contribution in [0.3, 0.4) is 0 Å². The molecular weight excluding hydrogens is 405 g/mol. The zero-order valence-corrected chi connectivity index (χ0v) is 17.9. The van der Waals surface area contributed by atoms with E-state index in [1.807, 2.05) is 18.3 Å². The lowest BCUT2D eigenvalue weighted by atomic mass is 9.73. The molecule has 150 valence electrons. The molecule has 3 aliphatic rings. The average Bonchev–Trinajstić information content (AvgIpc) is 2.66. The van der Waals surface area contributed by atoms with Gasteiger partial charge in [-0.1, -0.05) is 6.08 Å². The Hall–Kier alpha value is -1.04. The van der Waals surface area contributed by atoms with E-state index in [0.29, 0.717) is 12.0 Å². The first-order valence-corrected chi connectivity index (χ1v) is 8.76. The van der Waals surface area contributed by atoms with Crippen molar-refractivity contribution >= 4 is 48.1 Å². The molecule has 0 amide bonds. The van der Waals surface area contributed by atoms with Crippen LogP contribution < -0.4 is 10.5 Å². The van der Waals surface area contributed by atoms with Crippen molar-refractivity contribution in [1.29, 1.82) is 0 Å². The van der Waals surface area contributed by atoms with Gasteiger partial charge in [0.2, 0.25) is 0 Å². The number of methoxy groups -OCH3 is 1. The Bertz CT molecular complexity index is 773. The predicted molar refractivity (Wildman–Crippen MR) is 119 cm³/mol. The summed E-state index contributed by atoms with van der Waals surface area (Å²) in [5.74, 6) is 2.20. The third-order valence-corrected chi connectivity index (χ3v) is 5.91. The maximum atomic E-state index is 6.76. The lowest BCUT2D eigenvalue weighted by molar-refractivity contribution is 0.00749. The molecule has 0 aliphatic carbocycles. The Kier molecular flexibility index (Phi) is 8.84. The van der Waals surface area contributed by atoms with Crippen LogP contribution in [0.15, 0.2) is 43.1 Å². The van der Waals surface area contributed by atoms with Crippen molar-refractivity contribution < 1.29 is 4.74 Å². The second-order valence-electron chi connectivity index (χ2n) is 7.06. The minimum absolute atomic E-state index is 0. The molecule has 4 nitrogen and oxygen atoms in total. The molecule has 27 heavy (non-hydrogen) atoms. The monoisotopic (exact) mass is 431 g/mol. The largest absolute Gasteiger partial charge is 0.497 e. The van der Waals surface area contributed by atoms with Gasteiger partial charge in [0, 0.05) is 30.2 Å². The number of ether oxygens (including phenoxy) is 1. The zero-order chi connectivity index (χ0) is 16.7. The first kappa shape index (κ1) is 24.0. The van der Waals surface area contributed by atoms with Crippen LogP contribution in [0.4, 0.5) is 0 Å². The highest BCUT2D eigenvalue weighted by Gasteiger charge is 2.41. The Balaban J connectivity index is 0.00000121. The van der Waals surface area contributed by atoms with Crippen molar-refractivity contribution in [3.05, 3.63) is 48.7 Å². The van der Waals surface area contributed by atoms with Crippen LogP contribution in [-0.4, -0.2) is 36.1 Å². The second-order valence-corrected chi connectivity index (χ2v) is 7.06. The van der Waals surface area contributed by atoms with E-state index >= 15 is 0 Å². The van der Waals surface area contributed by atoms with Gasteiger partial charge in [-0.15, -0.1) is 43.8 Å². The van der Waals surface area contributed by atoms with Crippen molar-refractivity contribution in [3.63, 3.8) is 0 Å². The van der Waals surface area contributed by atoms with Crippen molar-refractivity contribution in [1.82, 2.24) is 9.88 Å². The molecule has 2 aromatic rings. The Morgan fingerprint density at radius 1 is 1.30 bits per heavy atom. The molecule has 1 aromatic carbocycles. The lowest BCUT2D eigenvalue weighted by Crippen LogP contribution is -2.56. The van der Waals surface area contributed by atoms with Crippen molar-refractivity contribution in [2.75, 3.05) is 20.2 Å². The van der Waals surface area contributed by atoms with E-state index in [0.717, 1.165) is 42.1 Å². The summed E-state index contributed by atoms with van der Waals surface area (Å²) >= 11 is 0. The SMILES string of the molecule is C=C[C@H]1CN2CC[C@H]1C[C@@H]2[C@H](N)c1ccnc2ccc(OC)cc12.Cl.Cl.Cl. The summed E-state index contributed by atoms with van der Waals surface area (Å²) in [7, 11) is 1.69. The minimum Gasteiger partial charge on any atom is -0.497 e. The summed E-state index contributed by atoms with van der Waals surface area (Å²) < 4.78 is 5.39. The van der Waals surface area contributed by atoms with Crippen LogP contribution in [0.1, 0.15) is 24.4 Å². The first-order valence-electron chi connectivity index (χ1n) is 8.76. The molecule has 3 saturated heterocycles. The van der Waals surface area contributed by atoms with Crippen molar-refractivity contribution in [2.45, 2.75) is 24.9 Å². The van der Waals surface area contributed by atoms with Gasteiger partial charge in [0.25, 0.3) is 0 Å². The molecule has 1 unspecified atom stereocenters. The molecule has 1 aromatic heterocycles. The van der Waals surface area contributed by atoms with Crippen molar-refractivity contribution in [2.24, 2.45) is 17.6 Å². The molecular formula is C20H28Cl3N3O. The predicted octanol–water partition coefficient (Wildman–Crippen LogP) is 4.41. The highest BCUT2D eigenvalue weighted by molar-refractivity contribution is 5.86. The van der Waals surface area contributed by atoms with E-state index in [9.17, 15) is 0 Å². The smallest absolute Gasteiger partial charge is 0.119 e. The van der Waals surface area contributed by atoms with E-state index in [2.05, 4.69) is 34.7 Å². The minimum atomic E-state index is -0.00354. The molecule has 0 radical (unpaired) electrons. The number of nitrogens with zero attached hydrogens (tertiary/aromatic N) is 2. The molecule has 5 rings (SSSR count). The van der Waals surface area contributed by atoms with Gasteiger partial charge in [-0.2, -0.15) is 0 Å². The number of benzene rings is 1. The van der Waals surface area contributed by atoms with E-state index in [-0.39, 0.29) is 43.3 Å². The van der Waals surface area contributed by atoms with E-state index in [1.165, 1.54) is 12.0 Å². The molecule has 3 fully saturated rings. The number of fused-ring (bicyclic) bond motifs is 4. The Labute approximate surface area is 179 Å². The van der Waals surface area contributed by atoms with E-state index in [4.69, 9.17) is 10.5 Å². The number of pyridine rings is 1. The van der Waals surface area contributed by atoms with Crippen LogP contribution in [0.25, 0.3) is 10.9 Å². The van der Waals surface area contributed by atoms with E-state index < -0.39 is 0 Å². The van der Waals surface area contributed by atoms with Crippen LogP contribution in [0.2, 0.25) is 0 Å². The number of aromatic nitrogens is 1. The number of nitrogens with two attached hydrogens (primary N) is 1. The van der Waals surface area contributed by atoms with Crippen LogP contribution in [0.5, 0.6) is 5.75 Å². The molecule has 5 atom stereocenters. The molecule has 7 heteroatoms. The summed E-state index contributed by atoms with van der Waals surface area (Å²) in [5, 5.41) is 1.10. The second kappa shape index (κ2) is 9.94. The summed E-state index contributed by atoms with van der Waals surface area (Å²) in [6, 6.07) is 8.48. The Morgan fingerprint density at radius 2 is 2.07 bits per heavy atom. The summed E-state index contributed by atoms with van der Waals surface area (Å²) in [6.07, 6.45) is 6.43. The van der Waals surface area contributed by atoms with Gasteiger partial charge in [-0.3, -0.25) is 9.88 Å². The van der Waals surface area contributed by atoms with E-state index in [1.54, 1.807) is 7.11 Å². The molecule has 0 spiro atoms. The van der Waals surface area contributed by atoms with Crippen LogP contribution in [0, 0.1) is 11.8 Å². The molecule has 4 heterocycles. The standard InChI is InChI=1S/C20H25N3O.3ClH/c1-3-13-12-23-9-7-14(13)10-19(23)20(21)16-6-8-22-18-5-4-15(24-2)11-17(16)18;;;/h3-6,8,11,13-14,19-20H,1,7,9-10,12,21H2,2H3;3*1H/t13-,14-,19+,20+;;;/m0.../s1. The lowest BCUT2D eigenvalue weighted by Gasteiger charge is -2.51. The molecule has 2 N–H and O–H groups in total. The van der Waals surface area contributed by atoms with Crippen LogP contribution in [-0.2, 0) is 0 Å². The topological polar surface area (TPSA) is 51.4 Å². The van der Waals surface area contributed by atoms with Gasteiger partial charge < -0.3 is 10.5 Å². The van der Waals surface area contributed by atoms with Gasteiger partial charge in [-0.05, 0) is 61.1 Å². The molecule has 0 saturated carbocycles. The Morgan fingerprint density at radius 3 is 2.70 bits per heavy atom.